The van der Waals surface area contributed by atoms with Gasteiger partial charge in [0.15, 0.2) is 0 Å². The Bertz CT molecular complexity index is 1480. The Morgan fingerprint density at radius 3 is 2.70 bits per heavy atom. The van der Waals surface area contributed by atoms with Crippen molar-refractivity contribution >= 4 is 33.8 Å². The normalized spacial score (nSPS) is 11.7. The number of nitrogens with one attached hydrogen (secondary N) is 3. The molecule has 0 radical (unpaired) electrons. The molecular formula is C25H23N7O. The lowest BCUT2D eigenvalue weighted by atomic mass is 10.0. The Morgan fingerprint density at radius 2 is 1.82 bits per heavy atom. The molecule has 3 N–H and O–H groups in total. The smallest absolute Gasteiger partial charge is 0.249 e. The molecule has 0 aliphatic rings. The second kappa shape index (κ2) is 8.68. The van der Waals surface area contributed by atoms with E-state index < -0.39 is 0 Å². The minimum atomic E-state index is -0.212. The molecule has 164 valence electrons. The van der Waals surface area contributed by atoms with Gasteiger partial charge in [-0.05, 0) is 55.6 Å². The lowest BCUT2D eigenvalue weighted by molar-refractivity contribution is -0.111. The number of carbonyl (C=O) groups excluding carboxylic acids is 1. The molecule has 0 aliphatic carbocycles. The molecule has 0 aromatic carbocycles. The number of likely N-dealkylation sites (N-methyl/N-ethyl adjacent to an activating group) is 1. The zero-order chi connectivity index (χ0) is 22.8. The molecule has 5 aromatic rings. The zero-order valence-corrected chi connectivity index (χ0v) is 18.3. The summed E-state index contributed by atoms with van der Waals surface area (Å²) in [4.78, 5) is 33.9. The predicted octanol–water partition coefficient (Wildman–Crippen LogP) is 4.22. The van der Waals surface area contributed by atoms with Gasteiger partial charge in [-0.25, -0.2) is 15.0 Å². The van der Waals surface area contributed by atoms with Gasteiger partial charge in [0.05, 0.1) is 0 Å². The third-order valence-corrected chi connectivity index (χ3v) is 5.37. The molecule has 1 amide bonds. The molecular weight excluding hydrogens is 414 g/mol. The van der Waals surface area contributed by atoms with E-state index in [1.807, 2.05) is 67.9 Å². The van der Waals surface area contributed by atoms with Gasteiger partial charge in [0.1, 0.15) is 17.1 Å². The van der Waals surface area contributed by atoms with Crippen LogP contribution in [0.5, 0.6) is 0 Å². The number of nitrogens with zero attached hydrogens (tertiary/aromatic N) is 4. The Morgan fingerprint density at radius 1 is 0.970 bits per heavy atom. The molecule has 33 heavy (non-hydrogen) atoms. The van der Waals surface area contributed by atoms with Crippen molar-refractivity contribution in [2.24, 2.45) is 0 Å². The number of rotatable bonds is 6. The fourth-order valence-corrected chi connectivity index (χ4v) is 3.80. The third kappa shape index (κ3) is 4.24. The molecule has 0 saturated heterocycles. The van der Waals surface area contributed by atoms with Gasteiger partial charge in [-0.3, -0.25) is 4.79 Å². The Labute approximate surface area is 190 Å². The largest absolute Gasteiger partial charge is 0.346 e. The van der Waals surface area contributed by atoms with Crippen molar-refractivity contribution in [1.29, 1.82) is 0 Å². The van der Waals surface area contributed by atoms with Crippen molar-refractivity contribution in [3.05, 3.63) is 73.5 Å². The van der Waals surface area contributed by atoms with Crippen LogP contribution in [0.3, 0.4) is 0 Å². The zero-order valence-electron chi connectivity index (χ0n) is 18.3. The summed E-state index contributed by atoms with van der Waals surface area (Å²) in [6.45, 7) is 0.693. The van der Waals surface area contributed by atoms with Crippen LogP contribution in [0.2, 0.25) is 0 Å². The van der Waals surface area contributed by atoms with Gasteiger partial charge >= 0.3 is 0 Å². The summed E-state index contributed by atoms with van der Waals surface area (Å²) in [5.41, 5.74) is 5.64. The predicted molar refractivity (Wildman–Crippen MR) is 131 cm³/mol. The summed E-state index contributed by atoms with van der Waals surface area (Å²) in [5.74, 6) is 0.278. The molecule has 0 bridgehead atoms. The van der Waals surface area contributed by atoms with E-state index in [0.717, 1.165) is 44.3 Å². The van der Waals surface area contributed by atoms with Crippen LogP contribution in [0.15, 0.2) is 73.5 Å². The first kappa shape index (κ1) is 20.6. The summed E-state index contributed by atoms with van der Waals surface area (Å²) in [6, 6.07) is 9.89. The molecule has 0 spiro atoms. The second-order valence-corrected chi connectivity index (χ2v) is 8.00. The number of anilines is 1. The van der Waals surface area contributed by atoms with Crippen molar-refractivity contribution in [2.75, 3.05) is 26.0 Å². The fraction of sp³-hybridized carbons (Fsp3) is 0.120. The summed E-state index contributed by atoms with van der Waals surface area (Å²) >= 11 is 0. The highest BCUT2D eigenvalue weighted by Gasteiger charge is 2.13. The van der Waals surface area contributed by atoms with E-state index in [2.05, 4.69) is 36.3 Å². The van der Waals surface area contributed by atoms with E-state index in [-0.39, 0.29) is 5.91 Å². The van der Waals surface area contributed by atoms with E-state index in [1.54, 1.807) is 12.4 Å². The minimum absolute atomic E-state index is 0.212. The first-order valence-electron chi connectivity index (χ1n) is 10.6. The molecule has 0 aliphatic heterocycles. The number of hydrogen-bond acceptors (Lipinski definition) is 5. The Kier molecular flexibility index (Phi) is 5.42. The van der Waals surface area contributed by atoms with Crippen molar-refractivity contribution < 1.29 is 4.79 Å². The molecule has 8 nitrogen and oxygen atoms in total. The number of aromatic amines is 2. The number of hydrogen-bond donors (Lipinski definition) is 3. The SMILES string of the molecule is CN(C)CC=CC(=O)Nc1cc(-c2cnc3[nH]cc(-c4ccnc5[nH]ccc45)c3c2)ccn1. The monoisotopic (exact) mass is 437 g/mol. The minimum Gasteiger partial charge on any atom is -0.346 e. The molecule has 0 unspecified atom stereocenters. The van der Waals surface area contributed by atoms with Crippen molar-refractivity contribution in [3.8, 4) is 22.3 Å². The quantitative estimate of drug-likeness (QED) is 0.345. The number of pyridine rings is 3. The molecule has 5 heterocycles. The first-order chi connectivity index (χ1) is 16.1. The van der Waals surface area contributed by atoms with Gasteiger partial charge in [0.2, 0.25) is 5.91 Å². The van der Waals surface area contributed by atoms with Crippen molar-refractivity contribution in [1.82, 2.24) is 29.8 Å². The summed E-state index contributed by atoms with van der Waals surface area (Å²) in [5, 5.41) is 4.89. The third-order valence-electron chi connectivity index (χ3n) is 5.37. The Hall–Kier alpha value is -4.30. The molecule has 0 fully saturated rings. The van der Waals surface area contributed by atoms with Crippen LogP contribution in [-0.4, -0.2) is 56.4 Å². The van der Waals surface area contributed by atoms with Gasteiger partial charge in [0.25, 0.3) is 0 Å². The molecule has 5 aromatic heterocycles. The number of H-pyrrole nitrogens is 2. The number of aromatic nitrogens is 5. The van der Waals surface area contributed by atoms with E-state index in [1.165, 1.54) is 6.08 Å². The van der Waals surface area contributed by atoms with Crippen LogP contribution < -0.4 is 5.32 Å². The van der Waals surface area contributed by atoms with E-state index in [0.29, 0.717) is 12.4 Å². The maximum atomic E-state index is 12.2. The van der Waals surface area contributed by atoms with Crippen LogP contribution in [0.1, 0.15) is 0 Å². The standard InChI is InChI=1S/C25H23N7O/c1-32(2)11-3-4-23(33)31-22-13-16(5-8-26-22)17-12-20-21(15-30-25(20)29-14-17)18-6-9-27-24-19(18)7-10-28-24/h3-10,12-15H,11H2,1-2H3,(H,27,28)(H,29,30)(H,26,31,33). The maximum Gasteiger partial charge on any atom is 0.249 e. The van der Waals surface area contributed by atoms with Crippen LogP contribution in [0.25, 0.3) is 44.3 Å². The summed E-state index contributed by atoms with van der Waals surface area (Å²) in [7, 11) is 3.90. The average molecular weight is 438 g/mol. The lowest BCUT2D eigenvalue weighted by Gasteiger charge is -2.07. The topological polar surface area (TPSA) is 103 Å². The van der Waals surface area contributed by atoms with Crippen LogP contribution in [0, 0.1) is 0 Å². The highest BCUT2D eigenvalue weighted by atomic mass is 16.1. The van der Waals surface area contributed by atoms with Gasteiger partial charge in [0, 0.05) is 65.5 Å². The highest BCUT2D eigenvalue weighted by Crippen LogP contribution is 2.34. The van der Waals surface area contributed by atoms with Crippen LogP contribution >= 0.6 is 0 Å². The molecule has 0 atom stereocenters. The van der Waals surface area contributed by atoms with E-state index in [4.69, 9.17) is 0 Å². The Balaban J connectivity index is 1.47. The number of amides is 1. The van der Waals surface area contributed by atoms with Crippen LogP contribution in [-0.2, 0) is 4.79 Å². The van der Waals surface area contributed by atoms with Crippen molar-refractivity contribution in [3.63, 3.8) is 0 Å². The van der Waals surface area contributed by atoms with Crippen molar-refractivity contribution in [2.45, 2.75) is 0 Å². The molecule has 8 heteroatoms. The van der Waals surface area contributed by atoms with Gasteiger partial charge in [-0.2, -0.15) is 0 Å². The maximum absolute atomic E-state index is 12.2. The summed E-state index contributed by atoms with van der Waals surface area (Å²) < 4.78 is 0. The number of carbonyl (C=O) groups is 1. The molecule has 5 rings (SSSR count). The van der Waals surface area contributed by atoms with Crippen LogP contribution in [0.4, 0.5) is 5.82 Å². The van der Waals surface area contributed by atoms with E-state index in [9.17, 15) is 4.79 Å². The van der Waals surface area contributed by atoms with Gasteiger partial charge in [-0.1, -0.05) is 6.08 Å². The second-order valence-electron chi connectivity index (χ2n) is 8.00. The first-order valence-corrected chi connectivity index (χ1v) is 10.6. The van der Waals surface area contributed by atoms with Gasteiger partial charge in [-0.15, -0.1) is 0 Å². The average Bonchev–Trinajstić information content (AvgIpc) is 3.45. The fourth-order valence-electron chi connectivity index (χ4n) is 3.80. The highest BCUT2D eigenvalue weighted by molar-refractivity contribution is 6.03. The summed E-state index contributed by atoms with van der Waals surface area (Å²) in [6.07, 6.45) is 12.5. The van der Waals surface area contributed by atoms with E-state index >= 15 is 0 Å². The number of fused-ring (bicyclic) bond motifs is 2. The molecule has 0 saturated carbocycles. The van der Waals surface area contributed by atoms with Gasteiger partial charge < -0.3 is 20.2 Å². The lowest BCUT2D eigenvalue weighted by Crippen LogP contribution is -2.13.